The van der Waals surface area contributed by atoms with Crippen LogP contribution in [0.5, 0.6) is 0 Å². The molecule has 0 aliphatic rings. The Morgan fingerprint density at radius 1 is 1.08 bits per heavy atom. The fraction of sp³-hybridized carbons (Fsp3) is 0.269. The molecule has 0 saturated heterocycles. The van der Waals surface area contributed by atoms with Crippen molar-refractivity contribution in [1.29, 1.82) is 5.41 Å². The highest BCUT2D eigenvalue weighted by Gasteiger charge is 2.27. The zero-order valence-corrected chi connectivity index (χ0v) is 23.7. The SMILES string of the molecule is COC(=O)c1ccc(-c2cccc(S(=O)(=O)c3cc(C(=N)NC(=O)OC(C)(C)C)sc3SC)c2)c(C)c1. The Morgan fingerprint density at radius 2 is 1.78 bits per heavy atom. The van der Waals surface area contributed by atoms with Gasteiger partial charge >= 0.3 is 12.1 Å². The van der Waals surface area contributed by atoms with Gasteiger partial charge in [-0.15, -0.1) is 23.1 Å². The number of thiophene rings is 1. The zero-order chi connectivity index (χ0) is 27.5. The molecule has 8 nitrogen and oxygen atoms in total. The van der Waals surface area contributed by atoms with E-state index in [1.54, 1.807) is 63.4 Å². The number of amides is 1. The molecular formula is C26H28N2O6S3. The molecule has 2 aromatic carbocycles. The number of ether oxygens (including phenoxy) is 2. The third kappa shape index (κ3) is 6.60. The van der Waals surface area contributed by atoms with E-state index in [2.05, 4.69) is 5.32 Å². The van der Waals surface area contributed by atoms with E-state index in [0.29, 0.717) is 20.2 Å². The number of carbonyl (C=O) groups is 2. The van der Waals surface area contributed by atoms with Gasteiger partial charge < -0.3 is 9.47 Å². The van der Waals surface area contributed by atoms with Crippen molar-refractivity contribution in [1.82, 2.24) is 5.32 Å². The molecule has 0 radical (unpaired) electrons. The van der Waals surface area contributed by atoms with Crippen LogP contribution in [0.2, 0.25) is 0 Å². The molecule has 1 amide bonds. The van der Waals surface area contributed by atoms with E-state index in [9.17, 15) is 18.0 Å². The van der Waals surface area contributed by atoms with Crippen LogP contribution < -0.4 is 5.32 Å². The molecule has 11 heteroatoms. The first-order chi connectivity index (χ1) is 17.3. The molecule has 0 atom stereocenters. The fourth-order valence-corrected chi connectivity index (χ4v) is 7.41. The Balaban J connectivity index is 1.96. The third-order valence-electron chi connectivity index (χ3n) is 5.12. The summed E-state index contributed by atoms with van der Waals surface area (Å²) >= 11 is 2.35. The van der Waals surface area contributed by atoms with Gasteiger partial charge in [0.15, 0.2) is 0 Å². The van der Waals surface area contributed by atoms with E-state index in [1.165, 1.54) is 31.0 Å². The van der Waals surface area contributed by atoms with Gasteiger partial charge in [0.25, 0.3) is 0 Å². The Morgan fingerprint density at radius 3 is 2.38 bits per heavy atom. The summed E-state index contributed by atoms with van der Waals surface area (Å²) in [7, 11) is -2.63. The lowest BCUT2D eigenvalue weighted by Gasteiger charge is -2.19. The van der Waals surface area contributed by atoms with E-state index in [-0.39, 0.29) is 15.6 Å². The van der Waals surface area contributed by atoms with E-state index >= 15 is 0 Å². The van der Waals surface area contributed by atoms with E-state index < -0.39 is 27.5 Å². The van der Waals surface area contributed by atoms with Crippen molar-refractivity contribution in [2.24, 2.45) is 0 Å². The van der Waals surface area contributed by atoms with E-state index in [0.717, 1.165) is 22.5 Å². The molecule has 37 heavy (non-hydrogen) atoms. The van der Waals surface area contributed by atoms with Crippen molar-refractivity contribution >= 4 is 50.8 Å². The van der Waals surface area contributed by atoms with Crippen LogP contribution in [-0.2, 0) is 19.3 Å². The number of rotatable bonds is 6. The van der Waals surface area contributed by atoms with Gasteiger partial charge in [0.05, 0.1) is 31.6 Å². The summed E-state index contributed by atoms with van der Waals surface area (Å²) in [5.74, 6) is -0.693. The lowest BCUT2D eigenvalue weighted by molar-refractivity contribution is 0.0560. The molecule has 196 valence electrons. The normalized spacial score (nSPS) is 11.6. The first-order valence-electron chi connectivity index (χ1n) is 11.1. The molecule has 3 rings (SSSR count). The maximum Gasteiger partial charge on any atom is 0.413 e. The minimum absolute atomic E-state index is 0.0608. The van der Waals surface area contributed by atoms with Crippen molar-refractivity contribution in [2.45, 2.75) is 47.3 Å². The van der Waals surface area contributed by atoms with Gasteiger partial charge in [0, 0.05) is 0 Å². The summed E-state index contributed by atoms with van der Waals surface area (Å²) in [6, 6.07) is 13.0. The molecule has 0 spiro atoms. The number of amidine groups is 1. The molecule has 0 bridgehead atoms. The Bertz CT molecular complexity index is 1470. The lowest BCUT2D eigenvalue weighted by Crippen LogP contribution is -2.36. The summed E-state index contributed by atoms with van der Waals surface area (Å²) in [6.45, 7) is 6.96. The van der Waals surface area contributed by atoms with Crippen LogP contribution in [0.15, 0.2) is 62.5 Å². The summed E-state index contributed by atoms with van der Waals surface area (Å²) < 4.78 is 37.8. The van der Waals surface area contributed by atoms with E-state index in [1.807, 2.05) is 6.92 Å². The number of carbonyl (C=O) groups excluding carboxylic acids is 2. The average Bonchev–Trinajstić information content (AvgIpc) is 3.28. The number of benzene rings is 2. The van der Waals surface area contributed by atoms with Gasteiger partial charge in [-0.05, 0) is 81.0 Å². The molecule has 2 N–H and O–H groups in total. The fourth-order valence-electron chi connectivity index (χ4n) is 3.47. The van der Waals surface area contributed by atoms with Crippen LogP contribution in [-0.4, -0.2) is 45.3 Å². The highest BCUT2D eigenvalue weighted by molar-refractivity contribution is 8.01. The first kappa shape index (κ1) is 28.4. The molecule has 0 aliphatic carbocycles. The average molecular weight is 561 g/mol. The second kappa shape index (κ2) is 11.1. The number of thioether (sulfide) groups is 1. The van der Waals surface area contributed by atoms with Crippen molar-refractivity contribution in [3.05, 3.63) is 64.5 Å². The largest absolute Gasteiger partial charge is 0.465 e. The maximum atomic E-state index is 13.7. The number of hydrogen-bond donors (Lipinski definition) is 2. The number of esters is 1. The van der Waals surface area contributed by atoms with E-state index in [4.69, 9.17) is 14.9 Å². The van der Waals surface area contributed by atoms with Gasteiger partial charge in [-0.3, -0.25) is 10.7 Å². The second-order valence-corrected chi connectivity index (χ2v) is 13.1. The Hall–Kier alpha value is -3.15. The van der Waals surface area contributed by atoms with Crippen LogP contribution in [0.1, 0.15) is 41.6 Å². The smallest absolute Gasteiger partial charge is 0.413 e. The quantitative estimate of drug-likeness (QED) is 0.166. The predicted molar refractivity (Wildman–Crippen MR) is 146 cm³/mol. The van der Waals surface area contributed by atoms with Crippen molar-refractivity contribution in [3.63, 3.8) is 0 Å². The highest BCUT2D eigenvalue weighted by Crippen LogP contribution is 2.38. The van der Waals surface area contributed by atoms with Crippen LogP contribution in [0.25, 0.3) is 11.1 Å². The zero-order valence-electron chi connectivity index (χ0n) is 21.3. The molecule has 0 unspecified atom stereocenters. The van der Waals surface area contributed by atoms with Crippen LogP contribution in [0.4, 0.5) is 4.79 Å². The van der Waals surface area contributed by atoms with Crippen molar-refractivity contribution < 1.29 is 27.5 Å². The summed E-state index contributed by atoms with van der Waals surface area (Å²) in [5, 5.41) is 10.6. The minimum atomic E-state index is -3.95. The second-order valence-electron chi connectivity index (χ2n) is 9.02. The minimum Gasteiger partial charge on any atom is -0.465 e. The number of alkyl carbamates (subject to hydrolysis) is 1. The molecule has 1 aromatic heterocycles. The topological polar surface area (TPSA) is 123 Å². The lowest BCUT2D eigenvalue weighted by atomic mass is 9.98. The number of sulfone groups is 1. The van der Waals surface area contributed by atoms with Gasteiger partial charge in [-0.1, -0.05) is 18.2 Å². The van der Waals surface area contributed by atoms with Gasteiger partial charge in [0.1, 0.15) is 11.4 Å². The number of methoxy groups -OCH3 is 1. The van der Waals surface area contributed by atoms with Crippen LogP contribution in [0.3, 0.4) is 0 Å². The summed E-state index contributed by atoms with van der Waals surface area (Å²) in [6.07, 6.45) is 0.963. The standard InChI is InChI=1S/C26H28N2O6S3/c1-15-12-17(23(29)33-5)10-11-19(15)16-8-7-9-18(13-16)37(31,32)21-14-20(36-24(21)35-6)22(27)28-25(30)34-26(2,3)4/h7-14H,1-6H3,(H2,27,28,30). The maximum absolute atomic E-state index is 13.7. The Labute approximate surface area is 224 Å². The molecule has 0 saturated carbocycles. The number of hydrogen-bond acceptors (Lipinski definition) is 9. The van der Waals surface area contributed by atoms with Gasteiger partial charge in [0.2, 0.25) is 9.84 Å². The third-order valence-corrected chi connectivity index (χ3v) is 9.44. The summed E-state index contributed by atoms with van der Waals surface area (Å²) in [5.41, 5.74) is 1.92. The highest BCUT2D eigenvalue weighted by atomic mass is 32.2. The number of nitrogens with one attached hydrogen (secondary N) is 2. The van der Waals surface area contributed by atoms with Crippen molar-refractivity contribution in [2.75, 3.05) is 13.4 Å². The molecule has 1 heterocycles. The first-order valence-corrected chi connectivity index (χ1v) is 14.6. The van der Waals surface area contributed by atoms with Gasteiger partial charge in [-0.25, -0.2) is 18.0 Å². The van der Waals surface area contributed by atoms with Crippen molar-refractivity contribution in [3.8, 4) is 11.1 Å². The molecule has 0 aliphatic heterocycles. The predicted octanol–water partition coefficient (Wildman–Crippen LogP) is 5.91. The number of aryl methyl sites for hydroxylation is 1. The molecule has 0 fully saturated rings. The van der Waals surface area contributed by atoms with Crippen LogP contribution >= 0.6 is 23.1 Å². The summed E-state index contributed by atoms with van der Waals surface area (Å²) in [4.78, 5) is 24.4. The Kier molecular flexibility index (Phi) is 8.51. The monoisotopic (exact) mass is 560 g/mol. The molecular weight excluding hydrogens is 532 g/mol. The molecule has 3 aromatic rings. The van der Waals surface area contributed by atoms with Crippen LogP contribution in [0, 0.1) is 12.3 Å². The van der Waals surface area contributed by atoms with Gasteiger partial charge in [-0.2, -0.15) is 0 Å².